The molecule has 0 spiro atoms. The van der Waals surface area contributed by atoms with E-state index in [0.29, 0.717) is 23.8 Å². The first-order chi connectivity index (χ1) is 15.7. The predicted octanol–water partition coefficient (Wildman–Crippen LogP) is 5.46. The van der Waals surface area contributed by atoms with Crippen molar-refractivity contribution in [1.82, 2.24) is 4.98 Å². The summed E-state index contributed by atoms with van der Waals surface area (Å²) in [5.41, 5.74) is 4.79. The molecule has 2 fully saturated rings. The third-order valence-corrected chi connectivity index (χ3v) is 6.56. The molecule has 6 heteroatoms. The van der Waals surface area contributed by atoms with Gasteiger partial charge in [-0.15, -0.1) is 0 Å². The average Bonchev–Trinajstić information content (AvgIpc) is 3.60. The van der Waals surface area contributed by atoms with Crippen molar-refractivity contribution in [3.05, 3.63) is 47.5 Å². The van der Waals surface area contributed by atoms with E-state index in [1.807, 2.05) is 30.3 Å². The Kier molecular flexibility index (Phi) is 5.79. The van der Waals surface area contributed by atoms with E-state index in [-0.39, 0.29) is 12.1 Å². The first kappa shape index (κ1) is 20.9. The van der Waals surface area contributed by atoms with E-state index in [1.165, 1.54) is 31.9 Å². The van der Waals surface area contributed by atoms with Crippen LogP contribution in [0.4, 0.5) is 0 Å². The first-order valence-corrected chi connectivity index (χ1v) is 11.3. The molecule has 1 saturated carbocycles. The van der Waals surface area contributed by atoms with Crippen molar-refractivity contribution in [2.24, 2.45) is 0 Å². The first-order valence-electron chi connectivity index (χ1n) is 11.3. The number of para-hydroxylation sites is 1. The maximum absolute atomic E-state index is 12.1. The largest absolute Gasteiger partial charge is 0.493 e. The lowest BCUT2D eigenvalue weighted by Gasteiger charge is -2.24. The van der Waals surface area contributed by atoms with E-state index in [2.05, 4.69) is 11.1 Å². The van der Waals surface area contributed by atoms with Gasteiger partial charge in [0.15, 0.2) is 11.5 Å². The van der Waals surface area contributed by atoms with Crippen molar-refractivity contribution in [2.75, 3.05) is 27.4 Å². The molecule has 1 aliphatic heterocycles. The summed E-state index contributed by atoms with van der Waals surface area (Å²) in [5, 5.41) is 1.15. The van der Waals surface area contributed by atoms with Gasteiger partial charge in [0.25, 0.3) is 0 Å². The molecule has 168 valence electrons. The summed E-state index contributed by atoms with van der Waals surface area (Å²) in [6, 6.07) is 11.8. The van der Waals surface area contributed by atoms with Crippen LogP contribution in [0.25, 0.3) is 22.2 Å². The highest BCUT2D eigenvalue weighted by Gasteiger charge is 2.28. The molecule has 0 amide bonds. The van der Waals surface area contributed by atoms with Crippen LogP contribution in [0.5, 0.6) is 11.5 Å². The van der Waals surface area contributed by atoms with E-state index >= 15 is 0 Å². The van der Waals surface area contributed by atoms with Gasteiger partial charge in [0, 0.05) is 16.5 Å². The number of epoxide rings is 1. The quantitative estimate of drug-likeness (QED) is 0.394. The number of fused-ring (bicyclic) bond motifs is 1. The molecular weight excluding hydrogens is 406 g/mol. The highest BCUT2D eigenvalue weighted by molar-refractivity contribution is 5.98. The lowest BCUT2D eigenvalue weighted by molar-refractivity contribution is 0.0601. The number of aromatic amines is 1. The average molecular weight is 436 g/mol. The molecule has 5 rings (SSSR count). The fourth-order valence-electron chi connectivity index (χ4n) is 4.85. The maximum atomic E-state index is 12.1. The third-order valence-electron chi connectivity index (χ3n) is 6.56. The molecule has 0 unspecified atom stereocenters. The normalized spacial score (nSPS) is 18.5. The number of carbonyl (C=O) groups is 1. The number of ether oxygens (including phenoxy) is 4. The summed E-state index contributed by atoms with van der Waals surface area (Å²) in [5.74, 6) is 1.55. The zero-order valence-corrected chi connectivity index (χ0v) is 18.6. The summed E-state index contributed by atoms with van der Waals surface area (Å²) in [6.07, 6.45) is 6.23. The zero-order valence-electron chi connectivity index (χ0n) is 18.6. The van der Waals surface area contributed by atoms with Gasteiger partial charge in [0.1, 0.15) is 12.7 Å². The molecule has 2 aromatic carbocycles. The topological polar surface area (TPSA) is 73.1 Å². The van der Waals surface area contributed by atoms with Crippen LogP contribution in [0.2, 0.25) is 0 Å². The molecule has 32 heavy (non-hydrogen) atoms. The third kappa shape index (κ3) is 3.95. The number of aromatic nitrogens is 1. The van der Waals surface area contributed by atoms with Crippen LogP contribution in [-0.4, -0.2) is 44.5 Å². The van der Waals surface area contributed by atoms with Crippen molar-refractivity contribution >= 4 is 16.9 Å². The summed E-state index contributed by atoms with van der Waals surface area (Å²) in [7, 11) is 3.07. The predicted molar refractivity (Wildman–Crippen MR) is 123 cm³/mol. The van der Waals surface area contributed by atoms with Crippen LogP contribution in [0.3, 0.4) is 0 Å². The number of H-pyrrole nitrogens is 1. The number of hydrogen-bond acceptors (Lipinski definition) is 5. The number of benzene rings is 2. The minimum atomic E-state index is -0.336. The Morgan fingerprint density at radius 1 is 1.12 bits per heavy atom. The molecule has 1 N–H and O–H groups in total. The van der Waals surface area contributed by atoms with Gasteiger partial charge in [-0.2, -0.15) is 0 Å². The lowest BCUT2D eigenvalue weighted by atomic mass is 9.81. The Morgan fingerprint density at radius 2 is 1.94 bits per heavy atom. The fourth-order valence-corrected chi connectivity index (χ4v) is 4.85. The molecule has 6 nitrogen and oxygen atoms in total. The van der Waals surface area contributed by atoms with Crippen molar-refractivity contribution in [2.45, 2.75) is 44.1 Å². The number of carbonyl (C=O) groups excluding carboxylic acids is 1. The number of nitrogens with one attached hydrogen (secondary N) is 1. The fraction of sp³-hybridized carbons (Fsp3) is 0.423. The summed E-state index contributed by atoms with van der Waals surface area (Å²) >= 11 is 0. The lowest BCUT2D eigenvalue weighted by Crippen LogP contribution is -2.08. The van der Waals surface area contributed by atoms with E-state index in [4.69, 9.17) is 18.9 Å². The van der Waals surface area contributed by atoms with Crippen LogP contribution >= 0.6 is 0 Å². The molecular formula is C26H29NO5. The SMILES string of the molecule is COC(=O)c1ccc2c(C3CCCCC3)c(-c3cccc(OC)c3OC[C@@H]3CO3)[nH]c2c1. The molecule has 2 aliphatic rings. The van der Waals surface area contributed by atoms with Gasteiger partial charge in [0.2, 0.25) is 0 Å². The molecule has 2 heterocycles. The van der Waals surface area contributed by atoms with Gasteiger partial charge in [-0.1, -0.05) is 31.4 Å². The van der Waals surface area contributed by atoms with Crippen LogP contribution in [0.1, 0.15) is 53.9 Å². The minimum Gasteiger partial charge on any atom is -0.493 e. The van der Waals surface area contributed by atoms with Gasteiger partial charge in [-0.3, -0.25) is 0 Å². The molecule has 1 aromatic heterocycles. The summed E-state index contributed by atoms with van der Waals surface area (Å²) in [6.45, 7) is 1.24. The van der Waals surface area contributed by atoms with Gasteiger partial charge in [-0.05, 0) is 48.6 Å². The molecule has 0 radical (unpaired) electrons. The Bertz CT molecular complexity index is 1120. The van der Waals surface area contributed by atoms with E-state index in [1.54, 1.807) is 7.11 Å². The molecule has 1 saturated heterocycles. The van der Waals surface area contributed by atoms with Gasteiger partial charge in [0.05, 0.1) is 32.1 Å². The van der Waals surface area contributed by atoms with Crippen molar-refractivity contribution in [1.29, 1.82) is 0 Å². The second-order valence-corrected chi connectivity index (χ2v) is 8.60. The zero-order chi connectivity index (χ0) is 22.1. The second kappa shape index (κ2) is 8.87. The molecule has 1 atom stereocenters. The number of rotatable bonds is 7. The van der Waals surface area contributed by atoms with Crippen LogP contribution < -0.4 is 9.47 Å². The molecule has 3 aromatic rings. The van der Waals surface area contributed by atoms with Gasteiger partial charge in [-0.25, -0.2) is 4.79 Å². The monoisotopic (exact) mass is 435 g/mol. The number of hydrogen-bond donors (Lipinski definition) is 1. The Labute approximate surface area is 187 Å². The molecule has 0 bridgehead atoms. The van der Waals surface area contributed by atoms with Crippen LogP contribution in [-0.2, 0) is 9.47 Å². The van der Waals surface area contributed by atoms with Crippen molar-refractivity contribution in [3.8, 4) is 22.8 Å². The standard InChI is InChI=1S/C26H29NO5/c1-29-22-10-6-9-20(25(22)32-15-18-14-31-18)24-23(16-7-4-3-5-8-16)19-12-11-17(26(28)30-2)13-21(19)27-24/h6,9-13,16,18,27H,3-5,7-8,14-15H2,1-2H3/t18-/m0/s1. The van der Waals surface area contributed by atoms with Gasteiger partial charge >= 0.3 is 5.97 Å². The Morgan fingerprint density at radius 3 is 2.66 bits per heavy atom. The van der Waals surface area contributed by atoms with Gasteiger partial charge < -0.3 is 23.9 Å². The number of esters is 1. The second-order valence-electron chi connectivity index (χ2n) is 8.60. The Balaban J connectivity index is 1.67. The smallest absolute Gasteiger partial charge is 0.337 e. The summed E-state index contributed by atoms with van der Waals surface area (Å²) < 4.78 is 22.1. The van der Waals surface area contributed by atoms with Crippen molar-refractivity contribution < 1.29 is 23.7 Å². The van der Waals surface area contributed by atoms with E-state index in [9.17, 15) is 4.79 Å². The van der Waals surface area contributed by atoms with Crippen molar-refractivity contribution in [3.63, 3.8) is 0 Å². The highest BCUT2D eigenvalue weighted by atomic mass is 16.6. The van der Waals surface area contributed by atoms with E-state index in [0.717, 1.165) is 47.4 Å². The minimum absolute atomic E-state index is 0.149. The highest BCUT2D eigenvalue weighted by Crippen LogP contribution is 2.46. The summed E-state index contributed by atoms with van der Waals surface area (Å²) in [4.78, 5) is 15.7. The number of methoxy groups -OCH3 is 2. The maximum Gasteiger partial charge on any atom is 0.337 e. The van der Waals surface area contributed by atoms with Crippen LogP contribution in [0.15, 0.2) is 36.4 Å². The Hall–Kier alpha value is -2.99. The van der Waals surface area contributed by atoms with E-state index < -0.39 is 0 Å². The van der Waals surface area contributed by atoms with Crippen LogP contribution in [0, 0.1) is 0 Å². The molecule has 1 aliphatic carbocycles.